The molecule has 3 aromatic heterocycles. The zero-order valence-electron chi connectivity index (χ0n) is 22.2. The van der Waals surface area contributed by atoms with Gasteiger partial charge in [-0.25, -0.2) is 15.0 Å². The van der Waals surface area contributed by atoms with Gasteiger partial charge in [0.2, 0.25) is 0 Å². The monoisotopic (exact) mass is 540 g/mol. The fraction of sp³-hybridized carbons (Fsp3) is 0.571. The Morgan fingerprint density at radius 1 is 1.05 bits per heavy atom. The fourth-order valence-electron chi connectivity index (χ4n) is 5.89. The summed E-state index contributed by atoms with van der Waals surface area (Å²) in [4.78, 5) is 22.9. The van der Waals surface area contributed by atoms with Crippen molar-refractivity contribution in [2.45, 2.75) is 62.7 Å². The number of anilines is 2. The van der Waals surface area contributed by atoms with E-state index in [0.29, 0.717) is 49.5 Å². The minimum atomic E-state index is -4.16. The molecule has 8 nitrogen and oxygen atoms in total. The summed E-state index contributed by atoms with van der Waals surface area (Å²) in [5.41, 5.74) is 2.94. The summed E-state index contributed by atoms with van der Waals surface area (Å²) >= 11 is 0. The van der Waals surface area contributed by atoms with Crippen molar-refractivity contribution in [2.24, 2.45) is 0 Å². The summed E-state index contributed by atoms with van der Waals surface area (Å²) in [5, 5.41) is 7.99. The smallest absolute Gasteiger partial charge is 0.367 e. The van der Waals surface area contributed by atoms with Gasteiger partial charge >= 0.3 is 6.18 Å². The maximum Gasteiger partial charge on any atom is 0.401 e. The molecule has 0 bridgehead atoms. The number of piperidine rings is 2. The maximum atomic E-state index is 12.7. The van der Waals surface area contributed by atoms with E-state index in [9.17, 15) is 13.2 Å². The maximum absolute atomic E-state index is 12.7. The van der Waals surface area contributed by atoms with E-state index in [1.165, 1.54) is 23.3 Å². The van der Waals surface area contributed by atoms with Crippen molar-refractivity contribution in [3.63, 3.8) is 0 Å². The zero-order valence-corrected chi connectivity index (χ0v) is 22.2. The van der Waals surface area contributed by atoms with Gasteiger partial charge in [0.05, 0.1) is 18.3 Å². The van der Waals surface area contributed by atoms with Gasteiger partial charge in [-0.15, -0.1) is 0 Å². The number of likely N-dealkylation sites (tertiary alicyclic amines) is 1. The molecule has 3 fully saturated rings. The first kappa shape index (κ1) is 26.2. The van der Waals surface area contributed by atoms with Crippen LogP contribution in [0.15, 0.2) is 30.7 Å². The molecule has 5 heterocycles. The molecule has 0 aromatic carbocycles. The number of rotatable bonds is 7. The highest BCUT2D eigenvalue weighted by Crippen LogP contribution is 2.45. The second-order valence-corrected chi connectivity index (χ2v) is 11.1. The minimum Gasteiger partial charge on any atom is -0.367 e. The van der Waals surface area contributed by atoms with Crippen LogP contribution in [0.5, 0.6) is 0 Å². The van der Waals surface area contributed by atoms with E-state index in [2.05, 4.69) is 32.5 Å². The Morgan fingerprint density at radius 3 is 2.54 bits per heavy atom. The third-order valence-corrected chi connectivity index (χ3v) is 8.19. The number of nitrogens with zero attached hydrogens (tertiary/aromatic N) is 6. The highest BCUT2D eigenvalue weighted by atomic mass is 19.4. The van der Waals surface area contributed by atoms with E-state index in [4.69, 9.17) is 9.97 Å². The Labute approximate surface area is 226 Å². The molecule has 2 aliphatic heterocycles. The number of hydrogen-bond donors (Lipinski definition) is 2. The van der Waals surface area contributed by atoms with Crippen LogP contribution >= 0.6 is 0 Å². The third kappa shape index (κ3) is 6.09. The van der Waals surface area contributed by atoms with E-state index < -0.39 is 12.7 Å². The lowest BCUT2D eigenvalue weighted by molar-refractivity contribution is -0.147. The van der Waals surface area contributed by atoms with Crippen LogP contribution in [0.25, 0.3) is 22.3 Å². The SMILES string of the molecule is CN(c1nc(-c2ccnc(NC3CCN(CC(F)(F)F)CC3)c2)nc2cncc(C3CC3)c12)C1CCNCC1. The summed E-state index contributed by atoms with van der Waals surface area (Å²) in [6.45, 7) is 1.96. The largest absolute Gasteiger partial charge is 0.401 e. The molecule has 0 radical (unpaired) electrons. The Balaban J connectivity index is 1.27. The summed E-state index contributed by atoms with van der Waals surface area (Å²) in [5.74, 6) is 2.78. The van der Waals surface area contributed by atoms with Gasteiger partial charge in [0.15, 0.2) is 5.82 Å². The molecule has 1 saturated carbocycles. The molecule has 3 aliphatic rings. The van der Waals surface area contributed by atoms with Crippen molar-refractivity contribution in [1.82, 2.24) is 30.2 Å². The van der Waals surface area contributed by atoms with Gasteiger partial charge in [-0.2, -0.15) is 13.2 Å². The zero-order chi connectivity index (χ0) is 27.0. The van der Waals surface area contributed by atoms with Crippen molar-refractivity contribution >= 4 is 22.5 Å². The van der Waals surface area contributed by atoms with Crippen molar-refractivity contribution < 1.29 is 13.2 Å². The number of halogens is 3. The lowest BCUT2D eigenvalue weighted by Gasteiger charge is -2.33. The first-order valence-electron chi connectivity index (χ1n) is 14.0. The lowest BCUT2D eigenvalue weighted by atomic mass is 10.0. The first-order valence-corrected chi connectivity index (χ1v) is 14.0. The minimum absolute atomic E-state index is 0.0710. The van der Waals surface area contributed by atoms with Crippen LogP contribution in [0.1, 0.15) is 50.0 Å². The second kappa shape index (κ2) is 10.8. The number of pyridine rings is 2. The normalized spacial score (nSPS) is 19.9. The van der Waals surface area contributed by atoms with Gasteiger partial charge in [0.1, 0.15) is 11.6 Å². The predicted molar refractivity (Wildman–Crippen MR) is 146 cm³/mol. The van der Waals surface area contributed by atoms with E-state index in [1.54, 1.807) is 6.20 Å². The van der Waals surface area contributed by atoms with Crippen LogP contribution in [0.4, 0.5) is 24.8 Å². The van der Waals surface area contributed by atoms with Crippen molar-refractivity contribution in [3.05, 3.63) is 36.3 Å². The molecule has 0 spiro atoms. The molecule has 39 heavy (non-hydrogen) atoms. The Kier molecular flexibility index (Phi) is 7.28. The summed E-state index contributed by atoms with van der Waals surface area (Å²) in [7, 11) is 2.14. The average molecular weight is 541 g/mol. The van der Waals surface area contributed by atoms with Crippen LogP contribution in [0.3, 0.4) is 0 Å². The Morgan fingerprint density at radius 2 is 1.82 bits per heavy atom. The van der Waals surface area contributed by atoms with Crippen LogP contribution in [0, 0.1) is 0 Å². The number of fused-ring (bicyclic) bond motifs is 1. The van der Waals surface area contributed by atoms with Crippen molar-refractivity contribution in [2.75, 3.05) is 50.0 Å². The molecule has 0 amide bonds. The number of aromatic nitrogens is 4. The van der Waals surface area contributed by atoms with Crippen molar-refractivity contribution in [3.8, 4) is 11.4 Å². The second-order valence-electron chi connectivity index (χ2n) is 11.1. The standard InChI is InChI=1S/C28H35F3N8/c1-38(21-5-9-32-10-6-21)27-25-22(18-2-3-18)15-33-16-23(25)36-26(37-27)19-4-11-34-24(14-19)35-20-7-12-39(13-8-20)17-28(29,30)31/h4,11,14-16,18,20-21,32H,2-3,5-10,12-13,17H2,1H3,(H,34,35). The molecule has 2 N–H and O–H groups in total. The van der Waals surface area contributed by atoms with E-state index in [0.717, 1.165) is 48.2 Å². The number of alkyl halides is 3. The van der Waals surface area contributed by atoms with Gasteiger partial charge < -0.3 is 15.5 Å². The highest BCUT2D eigenvalue weighted by molar-refractivity contribution is 5.94. The van der Waals surface area contributed by atoms with Crippen LogP contribution in [-0.4, -0.2) is 82.9 Å². The van der Waals surface area contributed by atoms with Gasteiger partial charge in [0, 0.05) is 55.6 Å². The molecule has 0 unspecified atom stereocenters. The van der Waals surface area contributed by atoms with Crippen LogP contribution in [-0.2, 0) is 0 Å². The molecular formula is C28H35F3N8. The summed E-state index contributed by atoms with van der Waals surface area (Å²) in [6, 6.07) is 4.32. The van der Waals surface area contributed by atoms with Crippen LogP contribution < -0.4 is 15.5 Å². The molecule has 6 rings (SSSR count). The Hall–Kier alpha value is -3.05. The van der Waals surface area contributed by atoms with Crippen molar-refractivity contribution in [1.29, 1.82) is 0 Å². The Bertz CT molecular complexity index is 1300. The highest BCUT2D eigenvalue weighted by Gasteiger charge is 2.33. The molecule has 0 atom stereocenters. The number of nitrogens with one attached hydrogen (secondary N) is 2. The van der Waals surface area contributed by atoms with Gasteiger partial charge in [-0.3, -0.25) is 9.88 Å². The average Bonchev–Trinajstić information content (AvgIpc) is 3.78. The molecule has 3 aromatic rings. The molecule has 2 saturated heterocycles. The predicted octanol–water partition coefficient (Wildman–Crippen LogP) is 4.59. The molecule has 1 aliphatic carbocycles. The molecular weight excluding hydrogens is 505 g/mol. The van der Waals surface area contributed by atoms with Gasteiger partial charge in [0.25, 0.3) is 0 Å². The molecule has 11 heteroatoms. The summed E-state index contributed by atoms with van der Waals surface area (Å²) < 4.78 is 38.2. The lowest BCUT2D eigenvalue weighted by Crippen LogP contribution is -2.43. The number of hydrogen-bond acceptors (Lipinski definition) is 8. The van der Waals surface area contributed by atoms with Crippen LogP contribution in [0.2, 0.25) is 0 Å². The van der Waals surface area contributed by atoms with E-state index >= 15 is 0 Å². The third-order valence-electron chi connectivity index (χ3n) is 8.19. The first-order chi connectivity index (χ1) is 18.8. The molecule has 208 valence electrons. The van der Waals surface area contributed by atoms with Gasteiger partial charge in [-0.1, -0.05) is 0 Å². The summed E-state index contributed by atoms with van der Waals surface area (Å²) in [6.07, 6.45) is 7.13. The van der Waals surface area contributed by atoms with Gasteiger partial charge in [-0.05, 0) is 75.2 Å². The topological polar surface area (TPSA) is 82.1 Å². The van der Waals surface area contributed by atoms with E-state index in [-0.39, 0.29) is 6.04 Å². The fourth-order valence-corrected chi connectivity index (χ4v) is 5.89. The quantitative estimate of drug-likeness (QED) is 0.451. The van der Waals surface area contributed by atoms with E-state index in [1.807, 2.05) is 24.5 Å².